The van der Waals surface area contributed by atoms with Gasteiger partial charge in [-0.25, -0.2) is 0 Å². The Morgan fingerprint density at radius 3 is 3.00 bits per heavy atom. The van der Waals surface area contributed by atoms with Crippen molar-refractivity contribution in [3.8, 4) is 0 Å². The lowest BCUT2D eigenvalue weighted by Crippen LogP contribution is -2.57. The van der Waals surface area contributed by atoms with E-state index in [9.17, 15) is 9.90 Å². The van der Waals surface area contributed by atoms with E-state index in [0.29, 0.717) is 12.8 Å². The molecule has 1 heterocycles. The first-order valence-electron chi connectivity index (χ1n) is 6.55. The average molecular weight is 236 g/mol. The third-order valence-corrected chi connectivity index (χ3v) is 5.24. The Morgan fingerprint density at radius 1 is 1.47 bits per heavy atom. The van der Waals surface area contributed by atoms with Crippen molar-refractivity contribution < 1.29 is 14.6 Å². The largest absolute Gasteiger partial charge is 0.462 e. The number of aliphatic hydroxyl groups is 1. The molecule has 0 radical (unpaired) electrons. The van der Waals surface area contributed by atoms with Crippen LogP contribution in [0.1, 0.15) is 45.4 Å². The molecule has 94 valence electrons. The van der Waals surface area contributed by atoms with Crippen molar-refractivity contribution in [1.82, 2.24) is 0 Å². The van der Waals surface area contributed by atoms with Crippen molar-refractivity contribution in [2.24, 2.45) is 11.3 Å². The molecule has 3 nitrogen and oxygen atoms in total. The zero-order valence-corrected chi connectivity index (χ0v) is 10.4. The molecule has 0 amide bonds. The van der Waals surface area contributed by atoms with Crippen molar-refractivity contribution in [2.75, 3.05) is 0 Å². The van der Waals surface area contributed by atoms with E-state index in [4.69, 9.17) is 4.74 Å². The zero-order chi connectivity index (χ0) is 12.3. The fraction of sp³-hybridized carbons (Fsp3) is 0.786. The lowest BCUT2D eigenvalue weighted by Gasteiger charge is -2.55. The number of esters is 1. The second-order valence-electron chi connectivity index (χ2n) is 6.28. The standard InChI is InChI=1S/C14H20O3/c1-9-4-3-5-13(2)8-11-10(6-12(15)17-11)7-14(9,13)16/h10-11,16H,1,3-8H2,2H3. The molecule has 3 aliphatic rings. The van der Waals surface area contributed by atoms with Crippen LogP contribution in [-0.4, -0.2) is 22.8 Å². The molecule has 4 unspecified atom stereocenters. The van der Waals surface area contributed by atoms with Crippen LogP contribution in [0.15, 0.2) is 12.2 Å². The van der Waals surface area contributed by atoms with Gasteiger partial charge in [-0.05, 0) is 37.7 Å². The predicted molar refractivity (Wildman–Crippen MR) is 63.3 cm³/mol. The molecule has 2 saturated carbocycles. The third-order valence-electron chi connectivity index (χ3n) is 5.24. The maximum absolute atomic E-state index is 11.4. The summed E-state index contributed by atoms with van der Waals surface area (Å²) in [6.45, 7) is 6.20. The molecule has 4 atom stereocenters. The SMILES string of the molecule is C=C1CCCC2(C)CC3OC(=O)CC3CC12O. The second-order valence-corrected chi connectivity index (χ2v) is 6.28. The van der Waals surface area contributed by atoms with Crippen molar-refractivity contribution in [3.05, 3.63) is 12.2 Å². The molecule has 0 bridgehead atoms. The van der Waals surface area contributed by atoms with E-state index in [1.54, 1.807) is 0 Å². The molecule has 1 N–H and O–H groups in total. The predicted octanol–water partition coefficient (Wildman–Crippen LogP) is 2.19. The summed E-state index contributed by atoms with van der Waals surface area (Å²) in [4.78, 5) is 11.4. The summed E-state index contributed by atoms with van der Waals surface area (Å²) in [7, 11) is 0. The van der Waals surface area contributed by atoms with Gasteiger partial charge in [0.1, 0.15) is 6.10 Å². The van der Waals surface area contributed by atoms with Crippen LogP contribution in [-0.2, 0) is 9.53 Å². The quantitative estimate of drug-likeness (QED) is 0.518. The molecule has 3 heteroatoms. The molecule has 0 aromatic carbocycles. The lowest BCUT2D eigenvalue weighted by molar-refractivity contribution is -0.155. The van der Waals surface area contributed by atoms with Gasteiger partial charge in [0, 0.05) is 11.3 Å². The molecular weight excluding hydrogens is 216 g/mol. The Bertz CT molecular complexity index is 389. The molecule has 0 aromatic heterocycles. The molecule has 3 rings (SSSR count). The van der Waals surface area contributed by atoms with E-state index < -0.39 is 5.60 Å². The van der Waals surface area contributed by atoms with Gasteiger partial charge in [-0.3, -0.25) is 4.79 Å². The number of hydrogen-bond acceptors (Lipinski definition) is 3. The van der Waals surface area contributed by atoms with Crippen molar-refractivity contribution in [1.29, 1.82) is 0 Å². The Kier molecular flexibility index (Phi) is 2.22. The van der Waals surface area contributed by atoms with Crippen LogP contribution in [0.5, 0.6) is 0 Å². The third kappa shape index (κ3) is 1.41. The maximum Gasteiger partial charge on any atom is 0.306 e. The van der Waals surface area contributed by atoms with Crippen molar-refractivity contribution >= 4 is 5.97 Å². The smallest absolute Gasteiger partial charge is 0.306 e. The van der Waals surface area contributed by atoms with Gasteiger partial charge in [-0.2, -0.15) is 0 Å². The first kappa shape index (κ1) is 11.3. The normalized spacial score (nSPS) is 49.5. The number of ether oxygens (including phenoxy) is 1. The minimum Gasteiger partial charge on any atom is -0.462 e. The number of rotatable bonds is 0. The van der Waals surface area contributed by atoms with Crippen LogP contribution in [0.4, 0.5) is 0 Å². The monoisotopic (exact) mass is 236 g/mol. The summed E-state index contributed by atoms with van der Waals surface area (Å²) in [6.07, 6.45) is 4.94. The molecule has 1 aliphatic heterocycles. The summed E-state index contributed by atoms with van der Waals surface area (Å²) in [5, 5.41) is 11.0. The van der Waals surface area contributed by atoms with Crippen molar-refractivity contribution in [3.63, 3.8) is 0 Å². The first-order chi connectivity index (χ1) is 7.95. The lowest BCUT2D eigenvalue weighted by atomic mass is 9.53. The van der Waals surface area contributed by atoms with Crippen LogP contribution in [0, 0.1) is 11.3 Å². The summed E-state index contributed by atoms with van der Waals surface area (Å²) < 4.78 is 5.38. The van der Waals surface area contributed by atoms with E-state index in [1.807, 2.05) is 0 Å². The summed E-state index contributed by atoms with van der Waals surface area (Å²) in [5.74, 6) is 0.0897. The molecular formula is C14H20O3. The Morgan fingerprint density at radius 2 is 2.24 bits per heavy atom. The Labute approximate surface area is 102 Å². The molecule has 3 fully saturated rings. The fourth-order valence-corrected chi connectivity index (χ4v) is 4.09. The van der Waals surface area contributed by atoms with Crippen LogP contribution in [0.2, 0.25) is 0 Å². The Balaban J connectivity index is 1.95. The van der Waals surface area contributed by atoms with Crippen LogP contribution < -0.4 is 0 Å². The van der Waals surface area contributed by atoms with Gasteiger partial charge in [0.15, 0.2) is 0 Å². The summed E-state index contributed by atoms with van der Waals surface area (Å²) in [6, 6.07) is 0. The van der Waals surface area contributed by atoms with E-state index in [-0.39, 0.29) is 23.4 Å². The second kappa shape index (κ2) is 3.35. The first-order valence-corrected chi connectivity index (χ1v) is 6.55. The molecule has 0 spiro atoms. The topological polar surface area (TPSA) is 46.5 Å². The van der Waals surface area contributed by atoms with E-state index >= 15 is 0 Å². The number of carbonyl (C=O) groups is 1. The van der Waals surface area contributed by atoms with Gasteiger partial charge in [0.25, 0.3) is 0 Å². The van der Waals surface area contributed by atoms with Crippen molar-refractivity contribution in [2.45, 2.75) is 57.2 Å². The zero-order valence-electron chi connectivity index (χ0n) is 10.4. The van der Waals surface area contributed by atoms with Gasteiger partial charge in [-0.1, -0.05) is 13.5 Å². The highest BCUT2D eigenvalue weighted by Gasteiger charge is 2.59. The molecule has 0 aromatic rings. The number of fused-ring (bicyclic) bond motifs is 2. The highest BCUT2D eigenvalue weighted by molar-refractivity contribution is 5.72. The van der Waals surface area contributed by atoms with E-state index in [1.165, 1.54) is 0 Å². The maximum atomic E-state index is 11.4. The van der Waals surface area contributed by atoms with Crippen LogP contribution in [0.3, 0.4) is 0 Å². The van der Waals surface area contributed by atoms with E-state index in [2.05, 4.69) is 13.5 Å². The molecule has 1 saturated heterocycles. The van der Waals surface area contributed by atoms with Gasteiger partial charge in [0.2, 0.25) is 0 Å². The van der Waals surface area contributed by atoms with Gasteiger partial charge >= 0.3 is 5.97 Å². The number of hydrogen-bond donors (Lipinski definition) is 1. The summed E-state index contributed by atoms with van der Waals surface area (Å²) >= 11 is 0. The highest BCUT2D eigenvalue weighted by atomic mass is 16.6. The van der Waals surface area contributed by atoms with Gasteiger partial charge in [0.05, 0.1) is 12.0 Å². The average Bonchev–Trinajstić information content (AvgIpc) is 2.56. The fourth-order valence-electron chi connectivity index (χ4n) is 4.09. The number of carbonyl (C=O) groups excluding carboxylic acids is 1. The molecule has 2 aliphatic carbocycles. The minimum absolute atomic E-state index is 0.0266. The minimum atomic E-state index is -0.777. The highest BCUT2D eigenvalue weighted by Crippen LogP contribution is 2.58. The van der Waals surface area contributed by atoms with Crippen LogP contribution >= 0.6 is 0 Å². The molecule has 17 heavy (non-hydrogen) atoms. The van der Waals surface area contributed by atoms with E-state index in [0.717, 1.165) is 31.3 Å². The van der Waals surface area contributed by atoms with Gasteiger partial charge < -0.3 is 9.84 Å². The Hall–Kier alpha value is -0.830. The summed E-state index contributed by atoms with van der Waals surface area (Å²) in [5.41, 5.74) is 0.0261. The van der Waals surface area contributed by atoms with Gasteiger partial charge in [-0.15, -0.1) is 0 Å². The van der Waals surface area contributed by atoms with Crippen LogP contribution in [0.25, 0.3) is 0 Å².